The molecule has 2 heteroatoms. The van der Waals surface area contributed by atoms with Crippen LogP contribution in [0.1, 0.15) is 31.7 Å². The molecule has 0 amide bonds. The van der Waals surface area contributed by atoms with Crippen molar-refractivity contribution in [3.8, 4) is 0 Å². The van der Waals surface area contributed by atoms with Gasteiger partial charge in [-0.1, -0.05) is 61.6 Å². The first-order valence-corrected chi connectivity index (χ1v) is 7.78. The minimum atomic E-state index is -0.524. The van der Waals surface area contributed by atoms with Gasteiger partial charge in [-0.25, -0.2) is 0 Å². The van der Waals surface area contributed by atoms with Gasteiger partial charge in [0, 0.05) is 18.3 Å². The summed E-state index contributed by atoms with van der Waals surface area (Å²) in [5, 5.41) is 10.1. The van der Waals surface area contributed by atoms with Crippen molar-refractivity contribution in [3.05, 3.63) is 60.2 Å². The number of benzene rings is 1. The van der Waals surface area contributed by atoms with Crippen LogP contribution >= 0.6 is 0 Å². The second-order valence-corrected chi connectivity index (χ2v) is 5.65. The maximum Gasteiger partial charge on any atom is 0.139 e. The van der Waals surface area contributed by atoms with Crippen molar-refractivity contribution in [2.45, 2.75) is 38.7 Å². The lowest BCUT2D eigenvalue weighted by Gasteiger charge is -2.15. The quantitative estimate of drug-likeness (QED) is 0.809. The molecule has 2 rings (SSSR count). The molecule has 0 radical (unpaired) electrons. The number of aliphatic hydroxyl groups is 1. The summed E-state index contributed by atoms with van der Waals surface area (Å²) in [6.45, 7) is 2.08. The van der Waals surface area contributed by atoms with E-state index in [4.69, 9.17) is 0 Å². The average Bonchev–Trinajstić information content (AvgIpc) is 2.75. The van der Waals surface area contributed by atoms with E-state index in [0.717, 1.165) is 19.3 Å². The van der Waals surface area contributed by atoms with Gasteiger partial charge >= 0.3 is 0 Å². The molecule has 0 bridgehead atoms. The summed E-state index contributed by atoms with van der Waals surface area (Å²) in [6, 6.07) is 10.2. The Kier molecular flexibility index (Phi) is 5.94. The minimum Gasteiger partial charge on any atom is -0.392 e. The molecule has 2 nitrogen and oxygen atoms in total. The molecule has 1 aliphatic rings. The number of Topliss-reactive ketones (excluding diaryl/α,β-unsaturated/α-hetero) is 1. The Morgan fingerprint density at radius 1 is 1.19 bits per heavy atom. The van der Waals surface area contributed by atoms with Crippen LogP contribution in [-0.2, 0) is 11.2 Å². The highest BCUT2D eigenvalue weighted by Gasteiger charge is 2.38. The van der Waals surface area contributed by atoms with E-state index in [0.29, 0.717) is 6.42 Å². The first kappa shape index (κ1) is 15.7. The lowest BCUT2D eigenvalue weighted by molar-refractivity contribution is -0.121. The fraction of sp³-hybridized carbons (Fsp3) is 0.421. The SMILES string of the molecule is CC/C=C\C[C@H]1C(=O)C[C@@H](O)[C@@H]1/C=C/Cc1ccccc1. The van der Waals surface area contributed by atoms with E-state index >= 15 is 0 Å². The molecule has 1 aromatic carbocycles. The predicted molar refractivity (Wildman–Crippen MR) is 85.9 cm³/mol. The Labute approximate surface area is 127 Å². The van der Waals surface area contributed by atoms with Crippen molar-refractivity contribution in [2.75, 3.05) is 0 Å². The average molecular weight is 284 g/mol. The normalized spacial score (nSPS) is 26.2. The number of ketones is 1. The van der Waals surface area contributed by atoms with Gasteiger partial charge in [0.05, 0.1) is 6.10 Å². The molecule has 0 saturated heterocycles. The Hall–Kier alpha value is -1.67. The molecule has 1 aromatic rings. The first-order chi connectivity index (χ1) is 10.2. The monoisotopic (exact) mass is 284 g/mol. The largest absolute Gasteiger partial charge is 0.392 e. The highest BCUT2D eigenvalue weighted by atomic mass is 16.3. The van der Waals surface area contributed by atoms with E-state index < -0.39 is 6.10 Å². The Balaban J connectivity index is 1.98. The maximum absolute atomic E-state index is 12.0. The third-order valence-electron chi connectivity index (χ3n) is 4.08. The summed E-state index contributed by atoms with van der Waals surface area (Å²) in [4.78, 5) is 12.0. The van der Waals surface area contributed by atoms with Crippen molar-refractivity contribution in [3.63, 3.8) is 0 Å². The standard InChI is InChI=1S/C19H24O2/c1-2-3-5-12-16-17(19(21)14-18(16)20)13-8-11-15-9-6-4-7-10-15/h3-10,13,16-17,19,21H,2,11-12,14H2,1H3/b5-3-,13-8+/t16-,17-,19-/m1/s1. The van der Waals surface area contributed by atoms with Crippen LogP contribution in [0.25, 0.3) is 0 Å². The van der Waals surface area contributed by atoms with Gasteiger partial charge in [-0.05, 0) is 24.8 Å². The van der Waals surface area contributed by atoms with E-state index in [1.807, 2.05) is 24.3 Å². The van der Waals surface area contributed by atoms with Crippen LogP contribution in [0.3, 0.4) is 0 Å². The summed E-state index contributed by atoms with van der Waals surface area (Å²) >= 11 is 0. The molecule has 0 spiro atoms. The van der Waals surface area contributed by atoms with Gasteiger partial charge < -0.3 is 5.11 Å². The van der Waals surface area contributed by atoms with E-state index in [2.05, 4.69) is 37.3 Å². The van der Waals surface area contributed by atoms with Crippen LogP contribution < -0.4 is 0 Å². The highest BCUT2D eigenvalue weighted by Crippen LogP contribution is 2.33. The van der Waals surface area contributed by atoms with E-state index in [-0.39, 0.29) is 17.6 Å². The molecular weight excluding hydrogens is 260 g/mol. The van der Waals surface area contributed by atoms with Gasteiger partial charge in [-0.3, -0.25) is 4.79 Å². The number of hydrogen-bond donors (Lipinski definition) is 1. The van der Waals surface area contributed by atoms with Crippen molar-refractivity contribution in [1.82, 2.24) is 0 Å². The van der Waals surface area contributed by atoms with Crippen molar-refractivity contribution >= 4 is 5.78 Å². The lowest BCUT2D eigenvalue weighted by atomic mass is 9.90. The van der Waals surface area contributed by atoms with E-state index in [1.54, 1.807) is 0 Å². The molecule has 21 heavy (non-hydrogen) atoms. The third kappa shape index (κ3) is 4.40. The summed E-state index contributed by atoms with van der Waals surface area (Å²) in [7, 11) is 0. The van der Waals surface area contributed by atoms with Crippen LogP contribution in [0.5, 0.6) is 0 Å². The highest BCUT2D eigenvalue weighted by molar-refractivity contribution is 5.84. The second-order valence-electron chi connectivity index (χ2n) is 5.65. The molecule has 1 fully saturated rings. The molecule has 1 N–H and O–H groups in total. The summed E-state index contributed by atoms with van der Waals surface area (Å²) < 4.78 is 0. The van der Waals surface area contributed by atoms with Crippen LogP contribution in [0.15, 0.2) is 54.6 Å². The van der Waals surface area contributed by atoms with Crippen molar-refractivity contribution in [1.29, 1.82) is 0 Å². The molecule has 0 aliphatic heterocycles. The van der Waals surface area contributed by atoms with Crippen LogP contribution in [0.2, 0.25) is 0 Å². The van der Waals surface area contributed by atoms with Crippen molar-refractivity contribution in [2.24, 2.45) is 11.8 Å². The number of rotatable bonds is 6. The summed E-state index contributed by atoms with van der Waals surface area (Å²) in [6.07, 6.45) is 10.6. The fourth-order valence-corrected chi connectivity index (χ4v) is 2.91. The number of hydrogen-bond acceptors (Lipinski definition) is 2. The molecule has 1 saturated carbocycles. The predicted octanol–water partition coefficient (Wildman–Crippen LogP) is 3.71. The summed E-state index contributed by atoms with van der Waals surface area (Å²) in [5.74, 6) is 0.0927. The molecule has 112 valence electrons. The van der Waals surface area contributed by atoms with Gasteiger partial charge in [0.25, 0.3) is 0 Å². The summed E-state index contributed by atoms with van der Waals surface area (Å²) in [5.41, 5.74) is 1.25. The maximum atomic E-state index is 12.0. The molecule has 1 aliphatic carbocycles. The second kappa shape index (κ2) is 7.94. The third-order valence-corrected chi connectivity index (χ3v) is 4.08. The van der Waals surface area contributed by atoms with Gasteiger partial charge in [0.15, 0.2) is 0 Å². The Bertz CT molecular complexity index is 502. The zero-order chi connectivity index (χ0) is 15.1. The topological polar surface area (TPSA) is 37.3 Å². The lowest BCUT2D eigenvalue weighted by Crippen LogP contribution is -2.18. The first-order valence-electron chi connectivity index (χ1n) is 7.78. The molecular formula is C19H24O2. The number of carbonyl (C=O) groups is 1. The van der Waals surface area contributed by atoms with Gasteiger partial charge in [0.1, 0.15) is 5.78 Å². The molecule has 0 heterocycles. The molecule has 0 unspecified atom stereocenters. The van der Waals surface area contributed by atoms with Crippen LogP contribution in [-0.4, -0.2) is 17.0 Å². The zero-order valence-corrected chi connectivity index (χ0v) is 12.6. The Morgan fingerprint density at radius 2 is 1.95 bits per heavy atom. The van der Waals surface area contributed by atoms with E-state index in [9.17, 15) is 9.90 Å². The molecule has 0 aromatic heterocycles. The number of aliphatic hydroxyl groups excluding tert-OH is 1. The number of allylic oxidation sites excluding steroid dienone is 3. The minimum absolute atomic E-state index is 0.0391. The van der Waals surface area contributed by atoms with Gasteiger partial charge in [-0.15, -0.1) is 0 Å². The van der Waals surface area contributed by atoms with Crippen LogP contribution in [0, 0.1) is 11.8 Å². The van der Waals surface area contributed by atoms with Crippen molar-refractivity contribution < 1.29 is 9.90 Å². The molecule has 3 atom stereocenters. The van der Waals surface area contributed by atoms with E-state index in [1.165, 1.54) is 5.56 Å². The fourth-order valence-electron chi connectivity index (χ4n) is 2.91. The smallest absolute Gasteiger partial charge is 0.139 e. The van der Waals surface area contributed by atoms with Crippen LogP contribution in [0.4, 0.5) is 0 Å². The zero-order valence-electron chi connectivity index (χ0n) is 12.6. The van der Waals surface area contributed by atoms with Gasteiger partial charge in [0.2, 0.25) is 0 Å². The number of carbonyl (C=O) groups excluding carboxylic acids is 1. The van der Waals surface area contributed by atoms with Gasteiger partial charge in [-0.2, -0.15) is 0 Å². The Morgan fingerprint density at radius 3 is 2.67 bits per heavy atom.